The molecule has 0 bridgehead atoms. The van der Waals surface area contributed by atoms with Crippen molar-refractivity contribution in [2.45, 2.75) is 25.9 Å². The summed E-state index contributed by atoms with van der Waals surface area (Å²) in [5, 5.41) is 9.52. The number of ketones is 1. The Morgan fingerprint density at radius 3 is 2.61 bits per heavy atom. The Balaban J connectivity index is 2.18. The maximum Gasteiger partial charge on any atom is 0.319 e. The zero-order valence-electron chi connectivity index (χ0n) is 13.7. The van der Waals surface area contributed by atoms with Crippen LogP contribution < -0.4 is 10.6 Å². The van der Waals surface area contributed by atoms with Gasteiger partial charge in [0.05, 0.1) is 12.6 Å². The number of carbonyl (C=O) groups excluding carboxylic acids is 2. The van der Waals surface area contributed by atoms with Crippen molar-refractivity contribution in [2.75, 3.05) is 31.6 Å². The highest BCUT2D eigenvalue weighted by Gasteiger charge is 2.25. The van der Waals surface area contributed by atoms with Gasteiger partial charge >= 0.3 is 6.03 Å². The van der Waals surface area contributed by atoms with Crippen LogP contribution in [0.25, 0.3) is 0 Å². The second-order valence-corrected chi connectivity index (χ2v) is 6.29. The van der Waals surface area contributed by atoms with Gasteiger partial charge in [0.25, 0.3) is 0 Å². The molecule has 0 saturated carbocycles. The third-order valence-electron chi connectivity index (χ3n) is 4.24. The lowest BCUT2D eigenvalue weighted by Crippen LogP contribution is -2.40. The molecule has 1 saturated heterocycles. The Morgan fingerprint density at radius 2 is 2.04 bits per heavy atom. The van der Waals surface area contributed by atoms with E-state index < -0.39 is 12.1 Å². The first-order valence-electron chi connectivity index (χ1n) is 7.96. The van der Waals surface area contributed by atoms with Gasteiger partial charge in [-0.1, -0.05) is 12.1 Å². The van der Waals surface area contributed by atoms with E-state index in [2.05, 4.69) is 11.9 Å². The van der Waals surface area contributed by atoms with E-state index in [1.807, 2.05) is 0 Å². The predicted octanol–water partition coefficient (Wildman–Crippen LogP) is 1.48. The molecule has 3 N–H and O–H groups in total. The summed E-state index contributed by atoms with van der Waals surface area (Å²) in [7, 11) is 2.06. The Bertz CT molecular complexity index is 566. The number of aliphatic hydroxyl groups excluding tert-OH is 1. The molecule has 0 aromatic heterocycles. The largest absolute Gasteiger partial charge is 0.392 e. The number of aliphatic hydroxyl groups is 1. The van der Waals surface area contributed by atoms with Crippen molar-refractivity contribution in [1.29, 1.82) is 0 Å². The molecular weight excluding hydrogens is 294 g/mol. The van der Waals surface area contributed by atoms with Gasteiger partial charge in [0, 0.05) is 17.2 Å². The van der Waals surface area contributed by atoms with E-state index in [-0.39, 0.29) is 18.2 Å². The van der Waals surface area contributed by atoms with Gasteiger partial charge in [-0.05, 0) is 52.0 Å². The lowest BCUT2D eigenvalue weighted by atomic mass is 9.89. The monoisotopic (exact) mass is 319 g/mol. The van der Waals surface area contributed by atoms with Gasteiger partial charge in [-0.25, -0.2) is 4.79 Å². The molecule has 2 rings (SSSR count). The molecule has 6 nitrogen and oxygen atoms in total. The minimum Gasteiger partial charge on any atom is -0.392 e. The number of amides is 2. The zero-order valence-corrected chi connectivity index (χ0v) is 13.7. The molecule has 6 heteroatoms. The van der Waals surface area contributed by atoms with Crippen molar-refractivity contribution >= 4 is 17.5 Å². The highest BCUT2D eigenvalue weighted by Crippen LogP contribution is 2.24. The summed E-state index contributed by atoms with van der Waals surface area (Å²) in [6.45, 7) is 3.53. The average Bonchev–Trinajstić information content (AvgIpc) is 2.52. The van der Waals surface area contributed by atoms with E-state index in [0.717, 1.165) is 25.9 Å². The van der Waals surface area contributed by atoms with E-state index in [9.17, 15) is 14.7 Å². The average molecular weight is 319 g/mol. The minimum absolute atomic E-state index is 0.0280. The fraction of sp³-hybridized carbons (Fsp3) is 0.529. The van der Waals surface area contributed by atoms with Crippen molar-refractivity contribution in [3.63, 3.8) is 0 Å². The molecule has 23 heavy (non-hydrogen) atoms. The van der Waals surface area contributed by atoms with Crippen LogP contribution in [0.1, 0.15) is 30.1 Å². The summed E-state index contributed by atoms with van der Waals surface area (Å²) in [5.74, 6) is 0.140. The first-order valence-corrected chi connectivity index (χ1v) is 7.96. The third kappa shape index (κ3) is 4.53. The van der Waals surface area contributed by atoms with Crippen LogP contribution >= 0.6 is 0 Å². The molecule has 0 unspecified atom stereocenters. The zero-order chi connectivity index (χ0) is 17.0. The van der Waals surface area contributed by atoms with Crippen molar-refractivity contribution in [3.05, 3.63) is 29.8 Å². The Kier molecular flexibility index (Phi) is 5.74. The van der Waals surface area contributed by atoms with Crippen molar-refractivity contribution in [3.8, 4) is 0 Å². The maximum atomic E-state index is 12.7. The molecular formula is C17H25N3O3. The van der Waals surface area contributed by atoms with Gasteiger partial charge < -0.3 is 15.7 Å². The number of nitrogens with two attached hydrogens (primary N) is 1. The van der Waals surface area contributed by atoms with Crippen LogP contribution in [-0.2, 0) is 0 Å². The lowest BCUT2D eigenvalue weighted by molar-refractivity contribution is 0.0857. The SMILES string of the molecule is C[C@H](O)CN(C(N)=O)c1cccc(C(=O)C2CCN(C)CC2)c1. The number of nitrogens with zero attached hydrogens (tertiary/aromatic N) is 2. The molecule has 1 fully saturated rings. The second-order valence-electron chi connectivity index (χ2n) is 6.29. The summed E-state index contributed by atoms with van der Waals surface area (Å²) in [6.07, 6.45) is 1.01. The van der Waals surface area contributed by atoms with Crippen molar-refractivity contribution < 1.29 is 14.7 Å². The van der Waals surface area contributed by atoms with Crippen molar-refractivity contribution in [1.82, 2.24) is 4.90 Å². The van der Waals surface area contributed by atoms with Crippen LogP contribution in [0.3, 0.4) is 0 Å². The van der Waals surface area contributed by atoms with Crippen LogP contribution in [-0.4, -0.2) is 54.6 Å². The number of hydrogen-bond acceptors (Lipinski definition) is 4. The number of carbonyl (C=O) groups is 2. The first kappa shape index (κ1) is 17.4. The van der Waals surface area contributed by atoms with Crippen molar-refractivity contribution in [2.24, 2.45) is 11.7 Å². The summed E-state index contributed by atoms with van der Waals surface area (Å²) in [4.78, 5) is 27.8. The van der Waals surface area contributed by atoms with Crippen LogP contribution in [0.5, 0.6) is 0 Å². The van der Waals surface area contributed by atoms with Gasteiger partial charge in [-0.2, -0.15) is 0 Å². The number of urea groups is 1. The molecule has 0 aliphatic carbocycles. The van der Waals surface area contributed by atoms with Gasteiger partial charge in [0.2, 0.25) is 0 Å². The molecule has 1 heterocycles. The van der Waals surface area contributed by atoms with Crippen LogP contribution in [0.15, 0.2) is 24.3 Å². The minimum atomic E-state index is -0.698. The van der Waals surface area contributed by atoms with Gasteiger partial charge in [-0.15, -0.1) is 0 Å². The van der Waals surface area contributed by atoms with E-state index in [1.54, 1.807) is 31.2 Å². The molecule has 1 aliphatic heterocycles. The predicted molar refractivity (Wildman–Crippen MR) is 89.6 cm³/mol. The molecule has 0 spiro atoms. The summed E-state index contributed by atoms with van der Waals surface area (Å²) in [5.41, 5.74) is 6.52. The normalized spacial score (nSPS) is 17.7. The molecule has 0 radical (unpaired) electrons. The molecule has 1 aromatic rings. The first-order chi connectivity index (χ1) is 10.9. The summed E-state index contributed by atoms with van der Waals surface area (Å²) >= 11 is 0. The standard InChI is InChI=1S/C17H25N3O3/c1-12(21)11-20(17(18)23)15-5-3-4-14(10-15)16(22)13-6-8-19(2)9-7-13/h3-5,10,12-13,21H,6-9,11H2,1-2H3,(H2,18,23)/t12-/m0/s1. The second kappa shape index (κ2) is 7.57. The Hall–Kier alpha value is -1.92. The summed E-state index contributed by atoms with van der Waals surface area (Å²) in [6, 6.07) is 6.28. The quantitative estimate of drug-likeness (QED) is 0.805. The highest BCUT2D eigenvalue weighted by molar-refractivity contribution is 6.00. The number of primary amides is 1. The Labute approximate surface area is 136 Å². The number of hydrogen-bond donors (Lipinski definition) is 2. The third-order valence-corrected chi connectivity index (χ3v) is 4.24. The van der Waals surface area contributed by atoms with Crippen LogP contribution in [0.2, 0.25) is 0 Å². The molecule has 126 valence electrons. The van der Waals surface area contributed by atoms with Crippen LogP contribution in [0.4, 0.5) is 10.5 Å². The number of Topliss-reactive ketones (excluding diaryl/α,β-unsaturated/α-hetero) is 1. The summed E-state index contributed by atoms with van der Waals surface area (Å²) < 4.78 is 0. The van der Waals surface area contributed by atoms with Gasteiger partial charge in [-0.3, -0.25) is 9.69 Å². The number of anilines is 1. The number of likely N-dealkylation sites (tertiary alicyclic amines) is 1. The number of benzene rings is 1. The van der Waals surface area contributed by atoms with Crippen LogP contribution in [0, 0.1) is 5.92 Å². The Morgan fingerprint density at radius 1 is 1.39 bits per heavy atom. The number of rotatable bonds is 5. The smallest absolute Gasteiger partial charge is 0.319 e. The van der Waals surface area contributed by atoms with Gasteiger partial charge in [0.1, 0.15) is 0 Å². The fourth-order valence-electron chi connectivity index (χ4n) is 2.92. The molecule has 1 aromatic carbocycles. The maximum absolute atomic E-state index is 12.7. The number of piperidine rings is 1. The topological polar surface area (TPSA) is 86.9 Å². The van der Waals surface area contributed by atoms with E-state index >= 15 is 0 Å². The molecule has 1 aliphatic rings. The fourth-order valence-corrected chi connectivity index (χ4v) is 2.92. The molecule has 1 atom stereocenters. The lowest BCUT2D eigenvalue weighted by Gasteiger charge is -2.28. The van der Waals surface area contributed by atoms with E-state index in [1.165, 1.54) is 4.90 Å². The molecule has 2 amide bonds. The highest BCUT2D eigenvalue weighted by atomic mass is 16.3. The van der Waals surface area contributed by atoms with E-state index in [0.29, 0.717) is 11.3 Å². The van der Waals surface area contributed by atoms with E-state index in [4.69, 9.17) is 5.73 Å². The van der Waals surface area contributed by atoms with Gasteiger partial charge in [0.15, 0.2) is 5.78 Å².